The van der Waals surface area contributed by atoms with Crippen molar-refractivity contribution in [3.05, 3.63) is 28.5 Å². The summed E-state index contributed by atoms with van der Waals surface area (Å²) in [6.07, 6.45) is 6.10. The molecule has 1 nitrogen and oxygen atoms in total. The largest absolute Gasteiger partial charge is 0.371 e. The number of hydrogen-bond acceptors (Lipinski definition) is 1. The molecule has 0 fully saturated rings. The fourth-order valence-corrected chi connectivity index (χ4v) is 1.42. The highest BCUT2D eigenvalue weighted by Crippen LogP contribution is 2.23. The van der Waals surface area contributed by atoms with Crippen LogP contribution in [0.5, 0.6) is 0 Å². The number of halogens is 2. The van der Waals surface area contributed by atoms with Crippen LogP contribution in [-0.2, 0) is 0 Å². The molecule has 1 N–H and O–H groups in total. The highest BCUT2D eigenvalue weighted by Gasteiger charge is 2.05. The smallest absolute Gasteiger partial charge is 0.125 e. The van der Waals surface area contributed by atoms with Gasteiger partial charge in [-0.2, -0.15) is 0 Å². The number of benzene rings is 1. The van der Waals surface area contributed by atoms with E-state index < -0.39 is 0 Å². The van der Waals surface area contributed by atoms with E-state index in [4.69, 9.17) is 6.42 Å². The molecule has 0 spiro atoms. The van der Waals surface area contributed by atoms with Crippen molar-refractivity contribution in [1.82, 2.24) is 0 Å². The maximum Gasteiger partial charge on any atom is 0.125 e. The summed E-state index contributed by atoms with van der Waals surface area (Å²) < 4.78 is 13.7. The van der Waals surface area contributed by atoms with Crippen LogP contribution >= 0.6 is 15.9 Å². The standard InChI is InChI=1S/C11H11BrFN/c1-3-9(4-2)14-11-7-8(13)5-6-10(11)12/h1,5-7,9,14H,4H2,2H3. The lowest BCUT2D eigenvalue weighted by atomic mass is 10.2. The molecule has 0 radical (unpaired) electrons. The van der Waals surface area contributed by atoms with Crippen molar-refractivity contribution >= 4 is 21.6 Å². The van der Waals surface area contributed by atoms with Crippen molar-refractivity contribution < 1.29 is 4.39 Å². The van der Waals surface area contributed by atoms with Crippen molar-refractivity contribution in [3.63, 3.8) is 0 Å². The fourth-order valence-electron chi connectivity index (χ4n) is 1.06. The molecule has 1 atom stereocenters. The third-order valence-corrected chi connectivity index (χ3v) is 2.56. The van der Waals surface area contributed by atoms with E-state index in [2.05, 4.69) is 27.2 Å². The van der Waals surface area contributed by atoms with Gasteiger partial charge in [-0.15, -0.1) is 6.42 Å². The summed E-state index contributed by atoms with van der Waals surface area (Å²) in [4.78, 5) is 0. The molecule has 1 aromatic carbocycles. The quantitative estimate of drug-likeness (QED) is 0.817. The van der Waals surface area contributed by atoms with Gasteiger partial charge in [-0.25, -0.2) is 4.39 Å². The van der Waals surface area contributed by atoms with Gasteiger partial charge in [0.15, 0.2) is 0 Å². The molecule has 74 valence electrons. The van der Waals surface area contributed by atoms with Gasteiger partial charge in [0.1, 0.15) is 5.82 Å². The van der Waals surface area contributed by atoms with Gasteiger partial charge in [0.25, 0.3) is 0 Å². The van der Waals surface area contributed by atoms with Crippen molar-refractivity contribution in [1.29, 1.82) is 0 Å². The van der Waals surface area contributed by atoms with Crippen LogP contribution in [-0.4, -0.2) is 6.04 Å². The average molecular weight is 256 g/mol. The molecule has 0 aliphatic carbocycles. The summed E-state index contributed by atoms with van der Waals surface area (Å²) in [6.45, 7) is 1.98. The molecule has 0 aromatic heterocycles. The van der Waals surface area contributed by atoms with Gasteiger partial charge in [-0.1, -0.05) is 12.8 Å². The lowest BCUT2D eigenvalue weighted by molar-refractivity contribution is 0.627. The van der Waals surface area contributed by atoms with E-state index in [1.807, 2.05) is 6.92 Å². The Morgan fingerprint density at radius 1 is 1.64 bits per heavy atom. The van der Waals surface area contributed by atoms with Crippen LogP contribution in [0, 0.1) is 18.2 Å². The second kappa shape index (κ2) is 5.02. The van der Waals surface area contributed by atoms with Crippen LogP contribution in [0.1, 0.15) is 13.3 Å². The van der Waals surface area contributed by atoms with Crippen LogP contribution in [0.25, 0.3) is 0 Å². The third-order valence-electron chi connectivity index (χ3n) is 1.87. The van der Waals surface area contributed by atoms with Gasteiger partial charge in [-0.3, -0.25) is 0 Å². The Morgan fingerprint density at radius 2 is 2.36 bits per heavy atom. The number of nitrogens with one attached hydrogen (secondary N) is 1. The maximum atomic E-state index is 12.9. The maximum absolute atomic E-state index is 12.9. The lowest BCUT2D eigenvalue weighted by Gasteiger charge is -2.13. The van der Waals surface area contributed by atoms with E-state index >= 15 is 0 Å². The van der Waals surface area contributed by atoms with Crippen molar-refractivity contribution in [2.75, 3.05) is 5.32 Å². The zero-order chi connectivity index (χ0) is 10.6. The van der Waals surface area contributed by atoms with E-state index in [1.165, 1.54) is 12.1 Å². The van der Waals surface area contributed by atoms with Gasteiger partial charge in [0, 0.05) is 4.47 Å². The highest BCUT2D eigenvalue weighted by atomic mass is 79.9. The molecule has 0 bridgehead atoms. The summed E-state index contributed by atoms with van der Waals surface area (Å²) in [6, 6.07) is 4.41. The molecule has 1 aromatic rings. The fraction of sp³-hybridized carbons (Fsp3) is 0.273. The Labute approximate surface area is 91.8 Å². The Balaban J connectivity index is 2.86. The lowest BCUT2D eigenvalue weighted by Crippen LogP contribution is -2.16. The van der Waals surface area contributed by atoms with E-state index in [-0.39, 0.29) is 11.9 Å². The van der Waals surface area contributed by atoms with Crippen LogP contribution < -0.4 is 5.32 Å². The molecule has 0 amide bonds. The van der Waals surface area contributed by atoms with Crippen LogP contribution in [0.2, 0.25) is 0 Å². The molecule has 0 aliphatic heterocycles. The molecule has 3 heteroatoms. The predicted octanol–water partition coefficient (Wildman–Crippen LogP) is 3.41. The molecule has 0 saturated carbocycles. The molecular weight excluding hydrogens is 245 g/mol. The zero-order valence-electron chi connectivity index (χ0n) is 7.85. The topological polar surface area (TPSA) is 12.0 Å². The summed E-state index contributed by atoms with van der Waals surface area (Å²) >= 11 is 3.32. The number of terminal acetylenes is 1. The summed E-state index contributed by atoms with van der Waals surface area (Å²) in [7, 11) is 0. The molecule has 0 aliphatic rings. The summed E-state index contributed by atoms with van der Waals surface area (Å²) in [5.41, 5.74) is 0.690. The third kappa shape index (κ3) is 2.74. The van der Waals surface area contributed by atoms with Crippen LogP contribution in [0.15, 0.2) is 22.7 Å². The highest BCUT2D eigenvalue weighted by molar-refractivity contribution is 9.10. The number of anilines is 1. The summed E-state index contributed by atoms with van der Waals surface area (Å²) in [5, 5.41) is 3.06. The van der Waals surface area contributed by atoms with Crippen molar-refractivity contribution in [2.45, 2.75) is 19.4 Å². The van der Waals surface area contributed by atoms with E-state index in [9.17, 15) is 4.39 Å². The first-order valence-electron chi connectivity index (χ1n) is 4.35. The normalized spacial score (nSPS) is 11.9. The summed E-state index contributed by atoms with van der Waals surface area (Å²) in [5.74, 6) is 2.32. The molecule has 0 heterocycles. The van der Waals surface area contributed by atoms with Gasteiger partial charge in [-0.05, 0) is 40.5 Å². The number of rotatable bonds is 3. The Hall–Kier alpha value is -1.01. The minimum Gasteiger partial charge on any atom is -0.371 e. The first kappa shape index (κ1) is 11.1. The van der Waals surface area contributed by atoms with E-state index in [1.54, 1.807) is 6.07 Å². The predicted molar refractivity (Wildman–Crippen MR) is 60.6 cm³/mol. The van der Waals surface area contributed by atoms with Crippen LogP contribution in [0.4, 0.5) is 10.1 Å². The Morgan fingerprint density at radius 3 is 2.93 bits per heavy atom. The second-order valence-electron chi connectivity index (χ2n) is 2.90. The SMILES string of the molecule is C#CC(CC)Nc1cc(F)ccc1Br. The Bertz CT molecular complexity index is 357. The van der Waals surface area contributed by atoms with Gasteiger partial charge in [0.05, 0.1) is 11.7 Å². The molecular formula is C11H11BrFN. The monoisotopic (exact) mass is 255 g/mol. The van der Waals surface area contributed by atoms with Gasteiger partial charge < -0.3 is 5.32 Å². The van der Waals surface area contributed by atoms with Crippen molar-refractivity contribution in [3.8, 4) is 12.3 Å². The minimum absolute atomic E-state index is 0.0619. The van der Waals surface area contributed by atoms with Crippen LogP contribution in [0.3, 0.4) is 0 Å². The zero-order valence-corrected chi connectivity index (χ0v) is 9.44. The van der Waals surface area contributed by atoms with E-state index in [0.29, 0.717) is 5.69 Å². The minimum atomic E-state index is -0.275. The Kier molecular flexibility index (Phi) is 3.97. The first-order valence-corrected chi connectivity index (χ1v) is 5.14. The second-order valence-corrected chi connectivity index (χ2v) is 3.75. The first-order chi connectivity index (χ1) is 6.67. The molecule has 1 rings (SSSR count). The molecule has 0 saturated heterocycles. The number of hydrogen-bond donors (Lipinski definition) is 1. The van der Waals surface area contributed by atoms with Gasteiger partial charge >= 0.3 is 0 Å². The van der Waals surface area contributed by atoms with Gasteiger partial charge in [0.2, 0.25) is 0 Å². The van der Waals surface area contributed by atoms with Crippen molar-refractivity contribution in [2.24, 2.45) is 0 Å². The average Bonchev–Trinajstić information content (AvgIpc) is 2.19. The molecule has 14 heavy (non-hydrogen) atoms. The van der Waals surface area contributed by atoms with E-state index in [0.717, 1.165) is 10.9 Å². The molecule has 1 unspecified atom stereocenters.